The number of halogens is 1. The van der Waals surface area contributed by atoms with Crippen molar-refractivity contribution in [2.24, 2.45) is 0 Å². The standard InChI is InChI=1S/C18H20FNO/c1-2-20-12-13-5-7-17(19)16(10-13)14-6-8-18-15(11-14)4-3-9-21-18/h5-8,10-11,20H,2-4,9,12H2,1H3. The molecule has 0 atom stereocenters. The third-order valence-corrected chi connectivity index (χ3v) is 3.83. The van der Waals surface area contributed by atoms with Gasteiger partial charge >= 0.3 is 0 Å². The normalized spacial score (nSPS) is 13.6. The summed E-state index contributed by atoms with van der Waals surface area (Å²) in [6.07, 6.45) is 2.03. The van der Waals surface area contributed by atoms with Crippen molar-refractivity contribution >= 4 is 0 Å². The number of hydrogen-bond donors (Lipinski definition) is 1. The highest BCUT2D eigenvalue weighted by Crippen LogP contribution is 2.31. The fourth-order valence-electron chi connectivity index (χ4n) is 2.70. The van der Waals surface area contributed by atoms with Crippen molar-refractivity contribution < 1.29 is 9.13 Å². The molecule has 0 unspecified atom stereocenters. The summed E-state index contributed by atoms with van der Waals surface area (Å²) in [7, 11) is 0. The van der Waals surface area contributed by atoms with Gasteiger partial charge < -0.3 is 10.1 Å². The number of ether oxygens (including phenoxy) is 1. The van der Waals surface area contributed by atoms with Gasteiger partial charge in [-0.1, -0.05) is 19.1 Å². The Kier molecular flexibility index (Phi) is 4.20. The first-order valence-electron chi connectivity index (χ1n) is 7.53. The molecule has 21 heavy (non-hydrogen) atoms. The first-order valence-corrected chi connectivity index (χ1v) is 7.53. The quantitative estimate of drug-likeness (QED) is 0.919. The predicted octanol–water partition coefficient (Wildman–Crippen LogP) is 3.93. The molecule has 2 aromatic rings. The molecule has 0 saturated heterocycles. The molecule has 0 aromatic heterocycles. The van der Waals surface area contributed by atoms with Gasteiger partial charge in [0.25, 0.3) is 0 Å². The number of nitrogens with one attached hydrogen (secondary N) is 1. The largest absolute Gasteiger partial charge is 0.493 e. The molecule has 1 N–H and O–H groups in total. The van der Waals surface area contributed by atoms with Crippen LogP contribution in [-0.2, 0) is 13.0 Å². The summed E-state index contributed by atoms with van der Waals surface area (Å²) in [5.74, 6) is 0.765. The van der Waals surface area contributed by atoms with Gasteiger partial charge in [-0.3, -0.25) is 0 Å². The Labute approximate surface area is 125 Å². The van der Waals surface area contributed by atoms with Crippen LogP contribution in [0.25, 0.3) is 11.1 Å². The van der Waals surface area contributed by atoms with E-state index in [1.165, 1.54) is 5.56 Å². The fourth-order valence-corrected chi connectivity index (χ4v) is 2.70. The van der Waals surface area contributed by atoms with Crippen LogP contribution in [-0.4, -0.2) is 13.2 Å². The molecule has 3 rings (SSSR count). The summed E-state index contributed by atoms with van der Waals surface area (Å²) in [4.78, 5) is 0. The van der Waals surface area contributed by atoms with Crippen molar-refractivity contribution in [3.63, 3.8) is 0 Å². The lowest BCUT2D eigenvalue weighted by atomic mass is 9.97. The highest BCUT2D eigenvalue weighted by atomic mass is 19.1. The van der Waals surface area contributed by atoms with Gasteiger partial charge in [0.05, 0.1) is 6.61 Å². The van der Waals surface area contributed by atoms with Crippen LogP contribution in [0.15, 0.2) is 36.4 Å². The Morgan fingerprint density at radius 3 is 2.95 bits per heavy atom. The van der Waals surface area contributed by atoms with Gasteiger partial charge in [-0.15, -0.1) is 0 Å². The third kappa shape index (κ3) is 3.08. The molecule has 2 nitrogen and oxygen atoms in total. The summed E-state index contributed by atoms with van der Waals surface area (Å²) in [6, 6.07) is 11.3. The zero-order valence-corrected chi connectivity index (χ0v) is 12.3. The molecule has 1 aliphatic rings. The molecule has 1 aliphatic heterocycles. The predicted molar refractivity (Wildman–Crippen MR) is 83.0 cm³/mol. The van der Waals surface area contributed by atoms with E-state index in [-0.39, 0.29) is 5.82 Å². The first kappa shape index (κ1) is 14.1. The maximum Gasteiger partial charge on any atom is 0.131 e. The zero-order valence-electron chi connectivity index (χ0n) is 12.3. The van der Waals surface area contributed by atoms with Crippen LogP contribution in [0.5, 0.6) is 5.75 Å². The van der Waals surface area contributed by atoms with E-state index in [1.54, 1.807) is 6.07 Å². The van der Waals surface area contributed by atoms with E-state index < -0.39 is 0 Å². The van der Waals surface area contributed by atoms with E-state index in [1.807, 2.05) is 24.3 Å². The van der Waals surface area contributed by atoms with Gasteiger partial charge in [-0.25, -0.2) is 4.39 Å². The Morgan fingerprint density at radius 1 is 1.19 bits per heavy atom. The van der Waals surface area contributed by atoms with Crippen molar-refractivity contribution in [3.8, 4) is 16.9 Å². The van der Waals surface area contributed by atoms with E-state index in [0.29, 0.717) is 5.56 Å². The lowest BCUT2D eigenvalue weighted by Crippen LogP contribution is -2.11. The van der Waals surface area contributed by atoms with Crippen LogP contribution in [0.1, 0.15) is 24.5 Å². The lowest BCUT2D eigenvalue weighted by molar-refractivity contribution is 0.288. The molecule has 2 aromatic carbocycles. The summed E-state index contributed by atoms with van der Waals surface area (Å²) in [6.45, 7) is 4.51. The number of rotatable bonds is 4. The second-order valence-electron chi connectivity index (χ2n) is 5.37. The highest BCUT2D eigenvalue weighted by Gasteiger charge is 2.13. The molecule has 0 spiro atoms. The molecule has 0 radical (unpaired) electrons. The molecule has 0 saturated carbocycles. The van der Waals surface area contributed by atoms with E-state index in [2.05, 4.69) is 18.3 Å². The maximum atomic E-state index is 14.2. The van der Waals surface area contributed by atoms with Gasteiger partial charge in [0.2, 0.25) is 0 Å². The minimum atomic E-state index is -0.174. The number of aryl methyl sites for hydroxylation is 1. The Morgan fingerprint density at radius 2 is 2.10 bits per heavy atom. The van der Waals surface area contributed by atoms with Crippen molar-refractivity contribution in [2.45, 2.75) is 26.3 Å². The van der Waals surface area contributed by atoms with Crippen molar-refractivity contribution in [3.05, 3.63) is 53.3 Å². The Bertz CT molecular complexity index is 639. The van der Waals surface area contributed by atoms with Crippen LogP contribution in [0.4, 0.5) is 4.39 Å². The average molecular weight is 285 g/mol. The van der Waals surface area contributed by atoms with Crippen molar-refractivity contribution in [2.75, 3.05) is 13.2 Å². The van der Waals surface area contributed by atoms with Crippen LogP contribution >= 0.6 is 0 Å². The molecular weight excluding hydrogens is 265 g/mol. The minimum absolute atomic E-state index is 0.174. The molecule has 0 bridgehead atoms. The van der Waals surface area contributed by atoms with Crippen LogP contribution < -0.4 is 10.1 Å². The summed E-state index contributed by atoms with van der Waals surface area (Å²) < 4.78 is 19.8. The monoisotopic (exact) mass is 285 g/mol. The summed E-state index contributed by atoms with van der Waals surface area (Å²) >= 11 is 0. The molecular formula is C18H20FNO. The van der Waals surface area contributed by atoms with Crippen LogP contribution in [0.3, 0.4) is 0 Å². The van der Waals surface area contributed by atoms with Gasteiger partial charge in [-0.2, -0.15) is 0 Å². The molecule has 0 fully saturated rings. The number of benzene rings is 2. The fraction of sp³-hybridized carbons (Fsp3) is 0.333. The minimum Gasteiger partial charge on any atom is -0.493 e. The number of hydrogen-bond acceptors (Lipinski definition) is 2. The van der Waals surface area contributed by atoms with Crippen molar-refractivity contribution in [1.29, 1.82) is 0 Å². The molecule has 3 heteroatoms. The zero-order chi connectivity index (χ0) is 14.7. The summed E-state index contributed by atoms with van der Waals surface area (Å²) in [5.41, 5.74) is 3.87. The molecule has 1 heterocycles. The topological polar surface area (TPSA) is 21.3 Å². The highest BCUT2D eigenvalue weighted by molar-refractivity contribution is 5.67. The smallest absolute Gasteiger partial charge is 0.131 e. The van der Waals surface area contributed by atoms with Gasteiger partial charge in [-0.05, 0) is 60.3 Å². The van der Waals surface area contributed by atoms with Crippen LogP contribution in [0.2, 0.25) is 0 Å². The van der Waals surface area contributed by atoms with Gasteiger partial charge in [0.15, 0.2) is 0 Å². The van der Waals surface area contributed by atoms with Crippen molar-refractivity contribution in [1.82, 2.24) is 5.32 Å². The second-order valence-corrected chi connectivity index (χ2v) is 5.37. The Hall–Kier alpha value is -1.87. The van der Waals surface area contributed by atoms with Gasteiger partial charge in [0.1, 0.15) is 11.6 Å². The van der Waals surface area contributed by atoms with Crippen LogP contribution in [0, 0.1) is 5.82 Å². The maximum absolute atomic E-state index is 14.2. The lowest BCUT2D eigenvalue weighted by Gasteiger charge is -2.18. The molecule has 110 valence electrons. The van der Waals surface area contributed by atoms with E-state index >= 15 is 0 Å². The summed E-state index contributed by atoms with van der Waals surface area (Å²) in [5, 5.41) is 3.27. The van der Waals surface area contributed by atoms with E-state index in [0.717, 1.165) is 49.4 Å². The SMILES string of the molecule is CCNCc1ccc(F)c(-c2ccc3c(c2)CCCO3)c1. The third-order valence-electron chi connectivity index (χ3n) is 3.83. The average Bonchev–Trinajstić information content (AvgIpc) is 2.53. The number of fused-ring (bicyclic) bond motifs is 1. The Balaban J connectivity index is 1.95. The molecule has 0 aliphatic carbocycles. The van der Waals surface area contributed by atoms with Gasteiger partial charge in [0, 0.05) is 12.1 Å². The van der Waals surface area contributed by atoms with E-state index in [4.69, 9.17) is 4.74 Å². The van der Waals surface area contributed by atoms with E-state index in [9.17, 15) is 4.39 Å². The second kappa shape index (κ2) is 6.27. The molecule has 0 amide bonds. The first-order chi connectivity index (χ1) is 10.3.